The van der Waals surface area contributed by atoms with Crippen LogP contribution in [0, 0.1) is 0 Å². The lowest BCUT2D eigenvalue weighted by Gasteiger charge is -2.13. The van der Waals surface area contributed by atoms with Crippen molar-refractivity contribution >= 4 is 23.8 Å². The first-order valence-corrected chi connectivity index (χ1v) is 9.95. The minimum Gasteiger partial charge on any atom is -0.497 e. The van der Waals surface area contributed by atoms with Crippen LogP contribution in [0.15, 0.2) is 60.9 Å². The van der Waals surface area contributed by atoms with Crippen LogP contribution in [0.5, 0.6) is 17.2 Å². The molecule has 0 aliphatic carbocycles. The molecule has 170 valence electrons. The van der Waals surface area contributed by atoms with Crippen molar-refractivity contribution in [3.63, 3.8) is 0 Å². The number of aldehydes is 1. The number of hydrogen-bond acceptors (Lipinski definition) is 7. The van der Waals surface area contributed by atoms with Crippen LogP contribution < -0.4 is 24.8 Å². The number of hydrogen-bond donors (Lipinski definition) is 2. The molecule has 1 heterocycles. The van der Waals surface area contributed by atoms with Gasteiger partial charge in [-0.1, -0.05) is 12.1 Å². The lowest BCUT2D eigenvalue weighted by atomic mass is 10.1. The fourth-order valence-corrected chi connectivity index (χ4v) is 2.97. The molecule has 1 aromatic heterocycles. The Bertz CT molecular complexity index is 1150. The third-order valence-electron chi connectivity index (χ3n) is 4.64. The zero-order valence-corrected chi connectivity index (χ0v) is 18.2. The first-order valence-electron chi connectivity index (χ1n) is 9.95. The molecule has 0 aliphatic rings. The Morgan fingerprint density at radius 1 is 1.03 bits per heavy atom. The molecule has 0 saturated heterocycles. The molecule has 0 bridgehead atoms. The number of anilines is 1. The molecule has 0 aliphatic heterocycles. The normalized spacial score (nSPS) is 10.1. The quantitative estimate of drug-likeness (QED) is 0.457. The van der Waals surface area contributed by atoms with E-state index in [9.17, 15) is 14.4 Å². The van der Waals surface area contributed by atoms with Crippen molar-refractivity contribution in [1.82, 2.24) is 10.3 Å². The number of benzene rings is 2. The van der Waals surface area contributed by atoms with Crippen LogP contribution in [-0.4, -0.2) is 43.9 Å². The molecule has 2 amide bonds. The molecule has 2 N–H and O–H groups in total. The molecule has 0 unspecified atom stereocenters. The van der Waals surface area contributed by atoms with Crippen LogP contribution in [0.25, 0.3) is 0 Å². The molecule has 0 spiro atoms. The highest BCUT2D eigenvalue weighted by molar-refractivity contribution is 6.03. The summed E-state index contributed by atoms with van der Waals surface area (Å²) >= 11 is 0. The van der Waals surface area contributed by atoms with Gasteiger partial charge >= 0.3 is 0 Å². The average Bonchev–Trinajstić information content (AvgIpc) is 2.86. The molecule has 9 heteroatoms. The molecule has 0 fully saturated rings. The number of rotatable bonds is 10. The Hall–Kier alpha value is -4.40. The lowest BCUT2D eigenvalue weighted by Crippen LogP contribution is -2.26. The summed E-state index contributed by atoms with van der Waals surface area (Å²) in [6.45, 7) is -0.0980. The largest absolute Gasteiger partial charge is 0.497 e. The van der Waals surface area contributed by atoms with Gasteiger partial charge < -0.3 is 24.8 Å². The van der Waals surface area contributed by atoms with Gasteiger partial charge in [-0.3, -0.25) is 19.4 Å². The number of nitrogens with zero attached hydrogens (tertiary/aromatic N) is 1. The predicted octanol–water partition coefficient (Wildman–Crippen LogP) is 2.86. The van der Waals surface area contributed by atoms with E-state index in [1.54, 1.807) is 43.5 Å². The van der Waals surface area contributed by atoms with Gasteiger partial charge in [0.15, 0.2) is 6.61 Å². The van der Waals surface area contributed by atoms with Gasteiger partial charge in [0.25, 0.3) is 11.8 Å². The highest BCUT2D eigenvalue weighted by Gasteiger charge is 2.15. The number of carbonyl (C=O) groups is 3. The van der Waals surface area contributed by atoms with Gasteiger partial charge in [-0.05, 0) is 30.3 Å². The predicted molar refractivity (Wildman–Crippen MR) is 121 cm³/mol. The SMILES string of the molecule is COc1ccc(CNC(=O)c2ccncc2NC(=O)COc2cccc(C=O)c2)c(OC)c1. The zero-order chi connectivity index (χ0) is 23.6. The van der Waals surface area contributed by atoms with E-state index >= 15 is 0 Å². The van der Waals surface area contributed by atoms with E-state index < -0.39 is 11.8 Å². The number of pyridine rings is 1. The fourth-order valence-electron chi connectivity index (χ4n) is 2.97. The molecule has 0 saturated carbocycles. The summed E-state index contributed by atoms with van der Waals surface area (Å²) in [5.74, 6) is 0.720. The van der Waals surface area contributed by atoms with E-state index in [2.05, 4.69) is 15.6 Å². The lowest BCUT2D eigenvalue weighted by molar-refractivity contribution is -0.118. The maximum absolute atomic E-state index is 12.8. The number of aromatic nitrogens is 1. The van der Waals surface area contributed by atoms with Gasteiger partial charge in [-0.25, -0.2) is 0 Å². The summed E-state index contributed by atoms with van der Waals surface area (Å²) in [5, 5.41) is 5.44. The molecule has 0 radical (unpaired) electrons. The topological polar surface area (TPSA) is 116 Å². The molecule has 9 nitrogen and oxygen atoms in total. The summed E-state index contributed by atoms with van der Waals surface area (Å²) in [7, 11) is 3.09. The van der Waals surface area contributed by atoms with Crippen LogP contribution >= 0.6 is 0 Å². The molecule has 3 aromatic rings. The van der Waals surface area contributed by atoms with Gasteiger partial charge in [0.05, 0.1) is 31.7 Å². The number of nitrogens with one attached hydrogen (secondary N) is 2. The Morgan fingerprint density at radius 3 is 2.64 bits per heavy atom. The molecule has 3 rings (SSSR count). The van der Waals surface area contributed by atoms with Crippen molar-refractivity contribution in [1.29, 1.82) is 0 Å². The van der Waals surface area contributed by atoms with Crippen molar-refractivity contribution < 1.29 is 28.6 Å². The molecule has 0 atom stereocenters. The van der Waals surface area contributed by atoms with Gasteiger partial charge in [0.2, 0.25) is 0 Å². The van der Waals surface area contributed by atoms with E-state index in [0.29, 0.717) is 29.1 Å². The highest BCUT2D eigenvalue weighted by atomic mass is 16.5. The zero-order valence-electron chi connectivity index (χ0n) is 18.2. The van der Waals surface area contributed by atoms with Crippen molar-refractivity contribution in [3.8, 4) is 17.2 Å². The summed E-state index contributed by atoms with van der Waals surface area (Å²) in [4.78, 5) is 40.0. The smallest absolute Gasteiger partial charge is 0.262 e. The van der Waals surface area contributed by atoms with E-state index in [-0.39, 0.29) is 24.4 Å². The van der Waals surface area contributed by atoms with Gasteiger partial charge in [0, 0.05) is 29.9 Å². The molecule has 2 aromatic carbocycles. The first kappa shape index (κ1) is 23.3. The van der Waals surface area contributed by atoms with Crippen LogP contribution in [0.4, 0.5) is 5.69 Å². The molecular formula is C24H23N3O6. The highest BCUT2D eigenvalue weighted by Crippen LogP contribution is 2.24. The second-order valence-electron chi connectivity index (χ2n) is 6.81. The third-order valence-corrected chi connectivity index (χ3v) is 4.64. The fraction of sp³-hybridized carbons (Fsp3) is 0.167. The Balaban J connectivity index is 1.62. The average molecular weight is 449 g/mol. The Kier molecular flexibility index (Phi) is 7.96. The van der Waals surface area contributed by atoms with E-state index in [4.69, 9.17) is 14.2 Å². The van der Waals surface area contributed by atoms with E-state index in [1.165, 1.54) is 31.6 Å². The van der Waals surface area contributed by atoms with Gasteiger partial charge in [0.1, 0.15) is 23.5 Å². The minimum atomic E-state index is -0.481. The summed E-state index contributed by atoms with van der Waals surface area (Å²) in [5.41, 5.74) is 1.69. The number of amides is 2. The van der Waals surface area contributed by atoms with Crippen LogP contribution in [0.2, 0.25) is 0 Å². The number of carbonyl (C=O) groups excluding carboxylic acids is 3. The standard InChI is InChI=1S/C24H23N3O6/c1-31-18-7-6-17(22(11-18)32-2)12-26-24(30)20-8-9-25-13-21(20)27-23(29)15-33-19-5-3-4-16(10-19)14-28/h3-11,13-14H,12,15H2,1-2H3,(H,26,30)(H,27,29). The third kappa shape index (κ3) is 6.30. The second-order valence-corrected chi connectivity index (χ2v) is 6.81. The van der Waals surface area contributed by atoms with E-state index in [0.717, 1.165) is 5.56 Å². The maximum Gasteiger partial charge on any atom is 0.262 e. The summed E-state index contributed by atoms with van der Waals surface area (Å²) < 4.78 is 15.9. The Labute approximate surface area is 190 Å². The first-order chi connectivity index (χ1) is 16.0. The summed E-state index contributed by atoms with van der Waals surface area (Å²) in [6.07, 6.45) is 3.53. The van der Waals surface area contributed by atoms with Gasteiger partial charge in [-0.15, -0.1) is 0 Å². The van der Waals surface area contributed by atoms with E-state index in [1.807, 2.05) is 0 Å². The maximum atomic E-state index is 12.8. The van der Waals surface area contributed by atoms with Crippen LogP contribution in [0.1, 0.15) is 26.3 Å². The summed E-state index contributed by atoms with van der Waals surface area (Å²) in [6, 6.07) is 13.2. The van der Waals surface area contributed by atoms with Crippen LogP contribution in [0.3, 0.4) is 0 Å². The van der Waals surface area contributed by atoms with Crippen molar-refractivity contribution in [2.75, 3.05) is 26.1 Å². The minimum absolute atomic E-state index is 0.206. The molecule has 33 heavy (non-hydrogen) atoms. The van der Waals surface area contributed by atoms with Crippen molar-refractivity contribution in [3.05, 3.63) is 77.6 Å². The number of ether oxygens (including phenoxy) is 3. The monoisotopic (exact) mass is 449 g/mol. The Morgan fingerprint density at radius 2 is 1.88 bits per heavy atom. The van der Waals surface area contributed by atoms with Gasteiger partial charge in [-0.2, -0.15) is 0 Å². The number of methoxy groups -OCH3 is 2. The van der Waals surface area contributed by atoms with Crippen molar-refractivity contribution in [2.45, 2.75) is 6.54 Å². The van der Waals surface area contributed by atoms with Crippen LogP contribution in [-0.2, 0) is 11.3 Å². The molecular weight excluding hydrogens is 426 g/mol. The van der Waals surface area contributed by atoms with Crippen molar-refractivity contribution in [2.24, 2.45) is 0 Å². The second kappa shape index (κ2) is 11.3.